The normalized spacial score (nSPS) is 24.4. The monoisotopic (exact) mass is 470 g/mol. The third-order valence-corrected chi connectivity index (χ3v) is 8.48. The van der Waals surface area contributed by atoms with Crippen molar-refractivity contribution >= 4 is 34.2 Å². The van der Waals surface area contributed by atoms with Gasteiger partial charge in [-0.25, -0.2) is 4.98 Å². The topological polar surface area (TPSA) is 86.9 Å². The summed E-state index contributed by atoms with van der Waals surface area (Å²) >= 11 is 0. The van der Waals surface area contributed by atoms with Gasteiger partial charge in [0.15, 0.2) is 0 Å². The number of nitrogens with one attached hydrogen (secondary N) is 3. The number of benzene rings is 2. The van der Waals surface area contributed by atoms with Gasteiger partial charge in [-0.2, -0.15) is 0 Å². The average Bonchev–Trinajstić information content (AvgIpc) is 3.55. The molecule has 0 aliphatic heterocycles. The maximum atomic E-state index is 12.8. The molecule has 6 nitrogen and oxygen atoms in total. The molecule has 2 amide bonds. The number of anilines is 2. The molecule has 35 heavy (non-hydrogen) atoms. The quantitative estimate of drug-likeness (QED) is 0.371. The standard InChI is InChI=1S/C29H34N4O2/c34-28(20-5-3-1-2-4-6-20)30-22-11-9-19(10-12-22)27-32-25-14-13-23(17-26(25)33-27)31-29(35)24-16-18-7-8-21(24)15-18/h9-14,17-18,20-21,24H,1-8,15-16H2,(H,30,34)(H,31,35)(H,32,33)/t18?,21-,24?/m0/s1. The van der Waals surface area contributed by atoms with Crippen LogP contribution in [0, 0.1) is 23.7 Å². The van der Waals surface area contributed by atoms with Crippen LogP contribution < -0.4 is 10.6 Å². The minimum absolute atomic E-state index is 0.131. The van der Waals surface area contributed by atoms with Gasteiger partial charge < -0.3 is 15.6 Å². The highest BCUT2D eigenvalue weighted by Gasteiger charge is 2.43. The van der Waals surface area contributed by atoms with Crippen molar-refractivity contribution in [3.8, 4) is 11.4 Å². The Balaban J connectivity index is 1.12. The van der Waals surface area contributed by atoms with Crippen molar-refractivity contribution < 1.29 is 9.59 Å². The fourth-order valence-electron chi connectivity index (χ4n) is 6.52. The van der Waals surface area contributed by atoms with Gasteiger partial charge in [0, 0.05) is 28.8 Å². The van der Waals surface area contributed by atoms with Crippen LogP contribution in [0.3, 0.4) is 0 Å². The van der Waals surface area contributed by atoms with Crippen LogP contribution in [0.5, 0.6) is 0 Å². The lowest BCUT2D eigenvalue weighted by atomic mass is 9.88. The zero-order valence-electron chi connectivity index (χ0n) is 20.2. The Hall–Kier alpha value is -3.15. The first-order valence-corrected chi connectivity index (χ1v) is 13.3. The summed E-state index contributed by atoms with van der Waals surface area (Å²) in [6.07, 6.45) is 11.5. The van der Waals surface area contributed by atoms with Gasteiger partial charge >= 0.3 is 0 Å². The number of aromatic nitrogens is 2. The first-order chi connectivity index (χ1) is 17.1. The summed E-state index contributed by atoms with van der Waals surface area (Å²) in [6, 6.07) is 13.7. The molecule has 1 heterocycles. The maximum absolute atomic E-state index is 12.8. The number of carbonyl (C=O) groups excluding carboxylic acids is 2. The van der Waals surface area contributed by atoms with E-state index in [0.29, 0.717) is 5.92 Å². The number of rotatable bonds is 5. The van der Waals surface area contributed by atoms with E-state index in [0.717, 1.165) is 71.8 Å². The lowest BCUT2D eigenvalue weighted by molar-refractivity contribution is -0.121. The van der Waals surface area contributed by atoms with E-state index < -0.39 is 0 Å². The van der Waals surface area contributed by atoms with Crippen LogP contribution in [0.1, 0.15) is 64.2 Å². The van der Waals surface area contributed by atoms with Crippen LogP contribution in [0.4, 0.5) is 11.4 Å². The van der Waals surface area contributed by atoms with E-state index in [2.05, 4.69) is 15.6 Å². The highest BCUT2D eigenvalue weighted by atomic mass is 16.2. The first-order valence-electron chi connectivity index (χ1n) is 13.3. The Labute approximate surface area is 206 Å². The van der Waals surface area contributed by atoms with Crippen LogP contribution in [0.2, 0.25) is 0 Å². The highest BCUT2D eigenvalue weighted by Crippen LogP contribution is 2.48. The zero-order chi connectivity index (χ0) is 23.8. The summed E-state index contributed by atoms with van der Waals surface area (Å²) in [5, 5.41) is 6.23. The lowest BCUT2D eigenvalue weighted by Crippen LogP contribution is -2.27. The molecule has 3 atom stereocenters. The molecule has 3 aromatic rings. The molecule has 2 unspecified atom stereocenters. The van der Waals surface area contributed by atoms with E-state index in [1.165, 1.54) is 32.1 Å². The molecule has 182 valence electrons. The van der Waals surface area contributed by atoms with Gasteiger partial charge in [-0.3, -0.25) is 9.59 Å². The minimum Gasteiger partial charge on any atom is -0.338 e. The van der Waals surface area contributed by atoms with Gasteiger partial charge in [0.2, 0.25) is 11.8 Å². The Morgan fingerprint density at radius 1 is 0.800 bits per heavy atom. The smallest absolute Gasteiger partial charge is 0.227 e. The molecule has 2 bridgehead atoms. The molecule has 3 aliphatic rings. The van der Waals surface area contributed by atoms with Gasteiger partial charge in [0.05, 0.1) is 11.0 Å². The van der Waals surface area contributed by atoms with Crippen molar-refractivity contribution in [3.05, 3.63) is 42.5 Å². The Kier molecular flexibility index (Phi) is 6.05. The second-order valence-corrected chi connectivity index (χ2v) is 10.8. The van der Waals surface area contributed by atoms with Crippen LogP contribution in [-0.2, 0) is 9.59 Å². The molecule has 3 N–H and O–H groups in total. The molecule has 0 radical (unpaired) electrons. The molecule has 0 saturated heterocycles. The van der Waals surface area contributed by atoms with Crippen LogP contribution in [0.15, 0.2) is 42.5 Å². The number of hydrogen-bond acceptors (Lipinski definition) is 3. The van der Waals surface area contributed by atoms with Crippen molar-refractivity contribution in [2.75, 3.05) is 10.6 Å². The summed E-state index contributed by atoms with van der Waals surface area (Å²) in [5.74, 6) is 2.71. The molecule has 3 saturated carbocycles. The number of nitrogens with zero attached hydrogens (tertiary/aromatic N) is 1. The molecular weight excluding hydrogens is 436 g/mol. The van der Waals surface area contributed by atoms with E-state index >= 15 is 0 Å². The summed E-state index contributed by atoms with van der Waals surface area (Å²) < 4.78 is 0. The van der Waals surface area contributed by atoms with Crippen LogP contribution in [-0.4, -0.2) is 21.8 Å². The second kappa shape index (κ2) is 9.48. The lowest BCUT2D eigenvalue weighted by Gasteiger charge is -2.20. The largest absolute Gasteiger partial charge is 0.338 e. The minimum atomic E-state index is 0.131. The van der Waals surface area contributed by atoms with Gasteiger partial charge in [-0.15, -0.1) is 0 Å². The van der Waals surface area contributed by atoms with E-state index in [-0.39, 0.29) is 23.7 Å². The van der Waals surface area contributed by atoms with Crippen LogP contribution in [0.25, 0.3) is 22.4 Å². The van der Waals surface area contributed by atoms with Crippen molar-refractivity contribution in [1.82, 2.24) is 9.97 Å². The molecular formula is C29H34N4O2. The number of H-pyrrole nitrogens is 1. The molecule has 0 spiro atoms. The van der Waals surface area contributed by atoms with Gasteiger partial charge in [-0.1, -0.05) is 32.1 Å². The Morgan fingerprint density at radius 3 is 2.26 bits per heavy atom. The third kappa shape index (κ3) is 4.71. The summed E-state index contributed by atoms with van der Waals surface area (Å²) in [7, 11) is 0. The number of fused-ring (bicyclic) bond motifs is 3. The molecule has 3 fully saturated rings. The van der Waals surface area contributed by atoms with Crippen molar-refractivity contribution in [2.24, 2.45) is 23.7 Å². The number of hydrogen-bond donors (Lipinski definition) is 3. The number of amides is 2. The molecule has 1 aromatic heterocycles. The predicted molar refractivity (Wildman–Crippen MR) is 139 cm³/mol. The number of imidazole rings is 1. The summed E-state index contributed by atoms with van der Waals surface area (Å²) in [5.41, 5.74) is 4.36. The van der Waals surface area contributed by atoms with Gasteiger partial charge in [-0.05, 0) is 86.4 Å². The zero-order valence-corrected chi connectivity index (χ0v) is 20.2. The highest BCUT2D eigenvalue weighted by molar-refractivity contribution is 5.95. The predicted octanol–water partition coefficient (Wildman–Crippen LogP) is 6.51. The molecule has 3 aliphatic carbocycles. The molecule has 6 rings (SSSR count). The Morgan fingerprint density at radius 2 is 1.54 bits per heavy atom. The number of carbonyl (C=O) groups is 2. The molecule has 6 heteroatoms. The van der Waals surface area contributed by atoms with E-state index in [1.807, 2.05) is 42.5 Å². The SMILES string of the molecule is O=C(Nc1ccc(-c2nc3ccc(NC(=O)C4CC5CC[C@H]4C5)cc3[nH]2)cc1)C1CCCCCC1. The first kappa shape index (κ1) is 22.3. The fraction of sp³-hybridized carbons (Fsp3) is 0.483. The van der Waals surface area contributed by atoms with E-state index in [4.69, 9.17) is 4.98 Å². The van der Waals surface area contributed by atoms with E-state index in [1.54, 1.807) is 0 Å². The fourth-order valence-corrected chi connectivity index (χ4v) is 6.52. The summed E-state index contributed by atoms with van der Waals surface area (Å²) in [4.78, 5) is 33.6. The summed E-state index contributed by atoms with van der Waals surface area (Å²) in [6.45, 7) is 0. The second-order valence-electron chi connectivity index (χ2n) is 10.8. The Bertz CT molecular complexity index is 1220. The van der Waals surface area contributed by atoms with Crippen molar-refractivity contribution in [2.45, 2.75) is 64.2 Å². The maximum Gasteiger partial charge on any atom is 0.227 e. The van der Waals surface area contributed by atoms with Crippen molar-refractivity contribution in [3.63, 3.8) is 0 Å². The van der Waals surface area contributed by atoms with Gasteiger partial charge in [0.25, 0.3) is 0 Å². The van der Waals surface area contributed by atoms with Crippen LogP contribution >= 0.6 is 0 Å². The molecule has 2 aromatic carbocycles. The van der Waals surface area contributed by atoms with Gasteiger partial charge in [0.1, 0.15) is 5.82 Å². The third-order valence-electron chi connectivity index (χ3n) is 8.48. The van der Waals surface area contributed by atoms with E-state index in [9.17, 15) is 9.59 Å². The van der Waals surface area contributed by atoms with Crippen molar-refractivity contribution in [1.29, 1.82) is 0 Å². The average molecular weight is 471 g/mol. The number of aromatic amines is 1.